The number of nitrogens with two attached hydrogens (primary N) is 1. The fourth-order valence-electron chi connectivity index (χ4n) is 1.60. The highest BCUT2D eigenvalue weighted by molar-refractivity contribution is 9.10. The first-order valence-electron chi connectivity index (χ1n) is 4.73. The molecule has 5 heteroatoms. The number of hydrogen-bond donors (Lipinski definition) is 1. The lowest BCUT2D eigenvalue weighted by Crippen LogP contribution is -2.49. The third-order valence-electron chi connectivity index (χ3n) is 2.59. The van der Waals surface area contributed by atoms with Crippen molar-refractivity contribution in [3.63, 3.8) is 0 Å². The Balaban J connectivity index is 2.03. The van der Waals surface area contributed by atoms with Gasteiger partial charge in [-0.3, -0.25) is 4.79 Å². The average molecular weight is 274 g/mol. The summed E-state index contributed by atoms with van der Waals surface area (Å²) in [5.74, 6) is 0.00769. The lowest BCUT2D eigenvalue weighted by Gasteiger charge is -2.19. The van der Waals surface area contributed by atoms with E-state index in [1.54, 1.807) is 12.3 Å². The van der Waals surface area contributed by atoms with Crippen molar-refractivity contribution in [3.8, 4) is 0 Å². The topological polar surface area (TPSA) is 65.5 Å². The van der Waals surface area contributed by atoms with Crippen LogP contribution in [0.4, 0.5) is 0 Å². The molecule has 0 amide bonds. The van der Waals surface area contributed by atoms with Gasteiger partial charge in [0.25, 0.3) is 0 Å². The second-order valence-electron chi connectivity index (χ2n) is 3.82. The quantitative estimate of drug-likeness (QED) is 0.901. The predicted molar refractivity (Wildman–Crippen MR) is 57.5 cm³/mol. The van der Waals surface area contributed by atoms with E-state index in [0.29, 0.717) is 30.7 Å². The Morgan fingerprint density at radius 1 is 1.67 bits per heavy atom. The summed E-state index contributed by atoms with van der Waals surface area (Å²) < 4.78 is 10.8. The molecule has 82 valence electrons. The zero-order valence-corrected chi connectivity index (χ0v) is 9.75. The first-order valence-corrected chi connectivity index (χ1v) is 5.52. The summed E-state index contributed by atoms with van der Waals surface area (Å²) in [6.07, 6.45) is 2.46. The summed E-state index contributed by atoms with van der Waals surface area (Å²) in [4.78, 5) is 11.9. The standard InChI is InChI=1S/C10H12BrNO3/c11-9-4-7(5-15-9)3-8(13)10(12)1-2-14-6-10/h4-5H,1-3,6,12H2. The summed E-state index contributed by atoms with van der Waals surface area (Å²) in [6.45, 7) is 0.891. The van der Waals surface area contributed by atoms with E-state index in [4.69, 9.17) is 14.9 Å². The number of carbonyl (C=O) groups excluding carboxylic acids is 1. The molecule has 1 aromatic rings. The van der Waals surface area contributed by atoms with E-state index in [9.17, 15) is 4.79 Å². The van der Waals surface area contributed by atoms with Gasteiger partial charge in [-0.05, 0) is 34.0 Å². The number of furan rings is 1. The maximum absolute atomic E-state index is 11.9. The SMILES string of the molecule is NC1(C(=O)Cc2coc(Br)c2)CCOC1. The van der Waals surface area contributed by atoms with Gasteiger partial charge in [-0.1, -0.05) is 0 Å². The molecule has 0 saturated carbocycles. The van der Waals surface area contributed by atoms with Crippen LogP contribution >= 0.6 is 15.9 Å². The third-order valence-corrected chi connectivity index (χ3v) is 3.01. The molecular weight excluding hydrogens is 262 g/mol. The van der Waals surface area contributed by atoms with Crippen molar-refractivity contribution < 1.29 is 13.9 Å². The molecule has 2 rings (SSSR count). The van der Waals surface area contributed by atoms with Crippen LogP contribution in [-0.2, 0) is 16.0 Å². The molecule has 1 aromatic heterocycles. The molecule has 15 heavy (non-hydrogen) atoms. The van der Waals surface area contributed by atoms with Gasteiger partial charge in [-0.25, -0.2) is 0 Å². The Kier molecular flexibility index (Phi) is 2.95. The smallest absolute Gasteiger partial charge is 0.169 e. The molecule has 1 saturated heterocycles. The Bertz CT molecular complexity index is 368. The summed E-state index contributed by atoms with van der Waals surface area (Å²) >= 11 is 3.19. The van der Waals surface area contributed by atoms with E-state index < -0.39 is 5.54 Å². The van der Waals surface area contributed by atoms with Crippen LogP contribution in [0.25, 0.3) is 0 Å². The van der Waals surface area contributed by atoms with E-state index in [1.807, 2.05) is 0 Å². The van der Waals surface area contributed by atoms with E-state index in [0.717, 1.165) is 5.56 Å². The first-order chi connectivity index (χ1) is 7.10. The zero-order valence-electron chi connectivity index (χ0n) is 8.16. The van der Waals surface area contributed by atoms with Gasteiger partial charge in [-0.15, -0.1) is 0 Å². The maximum atomic E-state index is 11.9. The largest absolute Gasteiger partial charge is 0.457 e. The van der Waals surface area contributed by atoms with Gasteiger partial charge in [-0.2, -0.15) is 0 Å². The highest BCUT2D eigenvalue weighted by Crippen LogP contribution is 2.21. The zero-order chi connectivity index (χ0) is 10.9. The van der Waals surface area contributed by atoms with E-state index in [1.165, 1.54) is 0 Å². The van der Waals surface area contributed by atoms with Gasteiger partial charge in [0.2, 0.25) is 0 Å². The van der Waals surface area contributed by atoms with E-state index in [-0.39, 0.29) is 5.78 Å². The van der Waals surface area contributed by atoms with Gasteiger partial charge < -0.3 is 14.9 Å². The molecule has 1 atom stereocenters. The minimum Gasteiger partial charge on any atom is -0.457 e. The molecular formula is C10H12BrNO3. The molecule has 4 nitrogen and oxygen atoms in total. The van der Waals surface area contributed by atoms with Crippen molar-refractivity contribution in [2.75, 3.05) is 13.2 Å². The number of ether oxygens (including phenoxy) is 1. The van der Waals surface area contributed by atoms with Crippen molar-refractivity contribution in [1.29, 1.82) is 0 Å². The Morgan fingerprint density at radius 3 is 3.00 bits per heavy atom. The fraction of sp³-hybridized carbons (Fsp3) is 0.500. The third kappa shape index (κ3) is 2.30. The number of Topliss-reactive ketones (excluding diaryl/α,β-unsaturated/α-hetero) is 1. The number of rotatable bonds is 3. The normalized spacial score (nSPS) is 25.7. The van der Waals surface area contributed by atoms with Gasteiger partial charge in [0, 0.05) is 13.0 Å². The monoisotopic (exact) mass is 273 g/mol. The van der Waals surface area contributed by atoms with Crippen LogP contribution in [0.3, 0.4) is 0 Å². The first kappa shape index (κ1) is 10.9. The van der Waals surface area contributed by atoms with Crippen LogP contribution in [0.15, 0.2) is 21.4 Å². The molecule has 2 N–H and O–H groups in total. The van der Waals surface area contributed by atoms with Gasteiger partial charge in [0.15, 0.2) is 10.5 Å². The van der Waals surface area contributed by atoms with Crippen molar-refractivity contribution >= 4 is 21.7 Å². The van der Waals surface area contributed by atoms with Crippen molar-refractivity contribution in [2.45, 2.75) is 18.4 Å². The van der Waals surface area contributed by atoms with Crippen molar-refractivity contribution in [1.82, 2.24) is 0 Å². The predicted octanol–water partition coefficient (Wildman–Crippen LogP) is 1.27. The number of carbonyl (C=O) groups is 1. The Morgan fingerprint density at radius 2 is 2.47 bits per heavy atom. The second-order valence-corrected chi connectivity index (χ2v) is 4.60. The van der Waals surface area contributed by atoms with Gasteiger partial charge >= 0.3 is 0 Å². The molecule has 1 aliphatic heterocycles. The summed E-state index contributed by atoms with van der Waals surface area (Å²) in [5.41, 5.74) is 5.98. The van der Waals surface area contributed by atoms with Crippen molar-refractivity contribution in [2.24, 2.45) is 5.73 Å². The molecule has 0 aliphatic carbocycles. The lowest BCUT2D eigenvalue weighted by atomic mass is 9.91. The molecule has 2 heterocycles. The summed E-state index contributed by atoms with van der Waals surface area (Å²) in [5, 5.41) is 0. The second kappa shape index (κ2) is 4.08. The number of hydrogen-bond acceptors (Lipinski definition) is 4. The highest BCUT2D eigenvalue weighted by Gasteiger charge is 2.37. The minimum atomic E-state index is -0.802. The van der Waals surface area contributed by atoms with Gasteiger partial charge in [0.1, 0.15) is 5.54 Å². The highest BCUT2D eigenvalue weighted by atomic mass is 79.9. The van der Waals surface area contributed by atoms with Gasteiger partial charge in [0.05, 0.1) is 12.9 Å². The summed E-state index contributed by atoms with van der Waals surface area (Å²) in [6, 6.07) is 1.77. The lowest BCUT2D eigenvalue weighted by molar-refractivity contribution is -0.123. The molecule has 1 fully saturated rings. The molecule has 0 aromatic carbocycles. The Labute approximate surface area is 95.9 Å². The summed E-state index contributed by atoms with van der Waals surface area (Å²) in [7, 11) is 0. The Hall–Kier alpha value is -0.650. The molecule has 0 radical (unpaired) electrons. The number of halogens is 1. The van der Waals surface area contributed by atoms with Crippen LogP contribution in [0.1, 0.15) is 12.0 Å². The van der Waals surface area contributed by atoms with Crippen molar-refractivity contribution in [3.05, 3.63) is 22.6 Å². The van der Waals surface area contributed by atoms with Crippen LogP contribution in [0.2, 0.25) is 0 Å². The molecule has 1 unspecified atom stereocenters. The molecule has 0 spiro atoms. The fourth-order valence-corrected chi connectivity index (χ4v) is 1.99. The van der Waals surface area contributed by atoms with Crippen LogP contribution in [0, 0.1) is 0 Å². The number of ketones is 1. The van der Waals surface area contributed by atoms with Crippen LogP contribution in [-0.4, -0.2) is 24.5 Å². The average Bonchev–Trinajstić information content (AvgIpc) is 2.76. The van der Waals surface area contributed by atoms with Crippen LogP contribution < -0.4 is 5.73 Å². The minimum absolute atomic E-state index is 0.00769. The van der Waals surface area contributed by atoms with Crippen LogP contribution in [0.5, 0.6) is 0 Å². The van der Waals surface area contributed by atoms with E-state index in [2.05, 4.69) is 15.9 Å². The molecule has 1 aliphatic rings. The maximum Gasteiger partial charge on any atom is 0.169 e. The van der Waals surface area contributed by atoms with E-state index >= 15 is 0 Å². The molecule has 0 bridgehead atoms.